The Hall–Kier alpha value is -4.36. The van der Waals surface area contributed by atoms with Crippen LogP contribution in [0.1, 0.15) is 0 Å². The van der Waals surface area contributed by atoms with Crippen LogP contribution in [0.4, 0.5) is 16.4 Å². The molecule has 0 atom stereocenters. The molecule has 174 valence electrons. The number of thiazole rings is 1. The highest BCUT2D eigenvalue weighted by Gasteiger charge is 2.23. The van der Waals surface area contributed by atoms with Crippen molar-refractivity contribution in [1.29, 1.82) is 0 Å². The minimum absolute atomic E-state index is 0.775. The molecule has 35 heavy (non-hydrogen) atoms. The molecule has 0 saturated heterocycles. The van der Waals surface area contributed by atoms with E-state index >= 15 is 0 Å². The third-order valence-electron chi connectivity index (χ3n) is 5.57. The summed E-state index contributed by atoms with van der Waals surface area (Å²) in [4.78, 5) is 7.22. The molecule has 0 aliphatic rings. The van der Waals surface area contributed by atoms with Gasteiger partial charge in [-0.05, 0) is 48.5 Å². The average molecular weight is 482 g/mol. The molecule has 0 unspecified atom stereocenters. The SMILES string of the molecule is COc1ccc(N(c2ccc(OC)cc2)c2sc(-c3cc[n+]([O-])cc3)nc2-c2ccccc2)cc1. The molecule has 3 aromatic carbocycles. The van der Waals surface area contributed by atoms with Crippen molar-refractivity contribution < 1.29 is 14.2 Å². The summed E-state index contributed by atoms with van der Waals surface area (Å²) in [5.41, 5.74) is 4.68. The molecular formula is C28H23N3O3S. The minimum Gasteiger partial charge on any atom is -0.619 e. The molecule has 0 aliphatic heterocycles. The average Bonchev–Trinajstić information content (AvgIpc) is 3.35. The van der Waals surface area contributed by atoms with Gasteiger partial charge in [-0.3, -0.25) is 0 Å². The molecule has 2 aromatic heterocycles. The van der Waals surface area contributed by atoms with E-state index in [9.17, 15) is 5.21 Å². The number of aromatic nitrogens is 2. The molecule has 0 bridgehead atoms. The maximum absolute atomic E-state index is 11.6. The van der Waals surface area contributed by atoms with E-state index in [-0.39, 0.29) is 0 Å². The number of methoxy groups -OCH3 is 2. The van der Waals surface area contributed by atoms with Crippen LogP contribution in [0, 0.1) is 5.21 Å². The Morgan fingerprint density at radius 1 is 0.714 bits per heavy atom. The topological polar surface area (TPSA) is 61.5 Å². The van der Waals surface area contributed by atoms with Crippen LogP contribution in [0.5, 0.6) is 11.5 Å². The number of rotatable bonds is 7. The van der Waals surface area contributed by atoms with Gasteiger partial charge in [0.05, 0.1) is 14.2 Å². The van der Waals surface area contributed by atoms with Gasteiger partial charge in [0.15, 0.2) is 12.4 Å². The van der Waals surface area contributed by atoms with E-state index in [4.69, 9.17) is 14.5 Å². The lowest BCUT2D eigenvalue weighted by Gasteiger charge is -2.25. The van der Waals surface area contributed by atoms with Gasteiger partial charge in [0.25, 0.3) is 0 Å². The smallest absolute Gasteiger partial charge is 0.181 e. The van der Waals surface area contributed by atoms with Crippen LogP contribution in [0.2, 0.25) is 0 Å². The Labute approximate surface area is 207 Å². The third kappa shape index (κ3) is 4.67. The Morgan fingerprint density at radius 3 is 1.77 bits per heavy atom. The standard InChI is InChI=1S/C28H23N3O3S/c1-33-24-12-8-22(9-13-24)31(23-10-14-25(34-2)15-11-23)28-26(20-6-4-3-5-7-20)29-27(35-28)21-16-18-30(32)19-17-21/h3-19H,1-2H3. The highest BCUT2D eigenvalue weighted by molar-refractivity contribution is 7.19. The number of anilines is 3. The van der Waals surface area contributed by atoms with Crippen LogP contribution >= 0.6 is 11.3 Å². The number of hydrogen-bond donors (Lipinski definition) is 0. The van der Waals surface area contributed by atoms with Crippen molar-refractivity contribution in [2.24, 2.45) is 0 Å². The fourth-order valence-electron chi connectivity index (χ4n) is 3.77. The van der Waals surface area contributed by atoms with Crippen LogP contribution in [-0.2, 0) is 0 Å². The van der Waals surface area contributed by atoms with Crippen molar-refractivity contribution in [3.8, 4) is 33.3 Å². The van der Waals surface area contributed by atoms with Gasteiger partial charge in [0.1, 0.15) is 27.2 Å². The van der Waals surface area contributed by atoms with E-state index < -0.39 is 0 Å². The lowest BCUT2D eigenvalue weighted by molar-refractivity contribution is -0.605. The number of pyridine rings is 1. The summed E-state index contributed by atoms with van der Waals surface area (Å²) in [7, 11) is 3.31. The number of ether oxygens (including phenoxy) is 2. The number of hydrogen-bond acceptors (Lipinski definition) is 6. The Morgan fingerprint density at radius 2 is 1.26 bits per heavy atom. The van der Waals surface area contributed by atoms with Crippen LogP contribution in [0.3, 0.4) is 0 Å². The molecule has 0 saturated carbocycles. The molecule has 5 rings (SSSR count). The van der Waals surface area contributed by atoms with Crippen molar-refractivity contribution >= 4 is 27.7 Å². The van der Waals surface area contributed by atoms with Gasteiger partial charge >= 0.3 is 0 Å². The second-order valence-corrected chi connectivity index (χ2v) is 8.69. The first-order valence-corrected chi connectivity index (χ1v) is 11.8. The highest BCUT2D eigenvalue weighted by Crippen LogP contribution is 2.46. The first-order chi connectivity index (χ1) is 17.2. The predicted octanol–water partition coefficient (Wildman–Crippen LogP) is 6.60. The third-order valence-corrected chi connectivity index (χ3v) is 6.66. The van der Waals surface area contributed by atoms with E-state index in [1.165, 1.54) is 12.4 Å². The highest BCUT2D eigenvalue weighted by atomic mass is 32.1. The number of benzene rings is 3. The lowest BCUT2D eigenvalue weighted by atomic mass is 10.1. The Kier molecular flexibility index (Phi) is 6.32. The molecule has 0 N–H and O–H groups in total. The fraction of sp³-hybridized carbons (Fsp3) is 0.0714. The van der Waals surface area contributed by atoms with Crippen molar-refractivity contribution in [3.05, 3.63) is 109 Å². The minimum atomic E-state index is 0.775. The molecule has 0 spiro atoms. The van der Waals surface area contributed by atoms with Crippen LogP contribution in [0.25, 0.3) is 21.8 Å². The summed E-state index contributed by atoms with van der Waals surface area (Å²) in [6, 6.07) is 29.6. The van der Waals surface area contributed by atoms with Crippen LogP contribution < -0.4 is 19.1 Å². The molecular weight excluding hydrogens is 458 g/mol. The summed E-state index contributed by atoms with van der Waals surface area (Å²) >= 11 is 1.57. The Bertz CT molecular complexity index is 1350. The van der Waals surface area contributed by atoms with Gasteiger partial charge in [-0.2, -0.15) is 4.73 Å². The fourth-order valence-corrected chi connectivity index (χ4v) is 4.91. The van der Waals surface area contributed by atoms with Gasteiger partial charge in [-0.1, -0.05) is 41.7 Å². The monoisotopic (exact) mass is 481 g/mol. The number of nitrogens with zero attached hydrogens (tertiary/aromatic N) is 3. The van der Waals surface area contributed by atoms with Gasteiger partial charge in [-0.15, -0.1) is 0 Å². The molecule has 0 radical (unpaired) electrons. The summed E-state index contributed by atoms with van der Waals surface area (Å²) < 4.78 is 11.5. The molecule has 0 fully saturated rings. The summed E-state index contributed by atoms with van der Waals surface area (Å²) in [6.07, 6.45) is 2.98. The maximum atomic E-state index is 11.6. The van der Waals surface area contributed by atoms with E-state index in [2.05, 4.69) is 17.0 Å². The zero-order valence-corrected chi connectivity index (χ0v) is 20.1. The van der Waals surface area contributed by atoms with Gasteiger partial charge < -0.3 is 19.6 Å². The van der Waals surface area contributed by atoms with Crippen LogP contribution in [-0.4, -0.2) is 19.2 Å². The molecule has 0 amide bonds. The summed E-state index contributed by atoms with van der Waals surface area (Å²) in [6.45, 7) is 0. The summed E-state index contributed by atoms with van der Waals surface area (Å²) in [5, 5.41) is 13.4. The normalized spacial score (nSPS) is 10.7. The second-order valence-electron chi connectivity index (χ2n) is 7.72. The molecule has 5 aromatic rings. The quantitative estimate of drug-likeness (QED) is 0.194. The zero-order chi connectivity index (χ0) is 24.2. The van der Waals surface area contributed by atoms with Crippen LogP contribution in [0.15, 0.2) is 103 Å². The second kappa shape index (κ2) is 9.87. The molecule has 6 nitrogen and oxygen atoms in total. The van der Waals surface area contributed by atoms with Crippen molar-refractivity contribution in [2.45, 2.75) is 0 Å². The van der Waals surface area contributed by atoms with E-state index in [1.807, 2.05) is 66.7 Å². The molecule has 7 heteroatoms. The lowest BCUT2D eigenvalue weighted by Crippen LogP contribution is -2.23. The van der Waals surface area contributed by atoms with E-state index in [1.54, 1.807) is 37.7 Å². The largest absolute Gasteiger partial charge is 0.619 e. The summed E-state index contributed by atoms with van der Waals surface area (Å²) in [5.74, 6) is 1.57. The van der Waals surface area contributed by atoms with Crippen molar-refractivity contribution in [2.75, 3.05) is 19.1 Å². The van der Waals surface area contributed by atoms with Gasteiger partial charge in [-0.25, -0.2) is 4.98 Å². The van der Waals surface area contributed by atoms with Crippen molar-refractivity contribution in [1.82, 2.24) is 4.98 Å². The Balaban J connectivity index is 1.72. The molecule has 0 aliphatic carbocycles. The molecule has 2 heterocycles. The van der Waals surface area contributed by atoms with Gasteiger partial charge in [0, 0.05) is 34.6 Å². The van der Waals surface area contributed by atoms with E-state index in [0.717, 1.165) is 54.4 Å². The van der Waals surface area contributed by atoms with Gasteiger partial charge in [0.2, 0.25) is 0 Å². The zero-order valence-electron chi connectivity index (χ0n) is 19.3. The van der Waals surface area contributed by atoms with E-state index in [0.29, 0.717) is 0 Å². The first-order valence-electron chi connectivity index (χ1n) is 11.0. The maximum Gasteiger partial charge on any atom is 0.181 e. The predicted molar refractivity (Wildman–Crippen MR) is 140 cm³/mol. The van der Waals surface area contributed by atoms with Crippen molar-refractivity contribution in [3.63, 3.8) is 0 Å². The first kappa shape index (κ1) is 22.4.